The number of amides is 3. The number of nitrogens with one attached hydrogen (secondary N) is 2. The highest BCUT2D eigenvalue weighted by Gasteiger charge is 2.26. The number of nitrogens with two attached hydrogens (primary N) is 2. The molecule has 3 rings (SSSR count). The van der Waals surface area contributed by atoms with E-state index in [0.29, 0.717) is 23.9 Å². The predicted octanol–water partition coefficient (Wildman–Crippen LogP) is 3.92. The van der Waals surface area contributed by atoms with Gasteiger partial charge in [-0.2, -0.15) is 0 Å². The van der Waals surface area contributed by atoms with Crippen LogP contribution in [0.15, 0.2) is 30.3 Å². The first-order valence-electron chi connectivity index (χ1n) is 11.7. The molecule has 1 aromatic carbocycles. The summed E-state index contributed by atoms with van der Waals surface area (Å²) < 4.78 is 5.73. The molecule has 1 heterocycles. The van der Waals surface area contributed by atoms with Crippen LogP contribution in [0, 0.1) is 5.92 Å². The van der Waals surface area contributed by atoms with Gasteiger partial charge >= 0.3 is 12.0 Å². The fraction of sp³-hybridized carbons (Fsp3) is 0.480. The Morgan fingerprint density at radius 2 is 1.74 bits per heavy atom. The molecule has 3 amide bonds. The highest BCUT2D eigenvalue weighted by atomic mass is 32.1. The third kappa shape index (κ3) is 7.56. The third-order valence-electron chi connectivity index (χ3n) is 5.82. The smallest absolute Gasteiger partial charge is 0.323 e. The number of ether oxygens (including phenoxy) is 1. The monoisotopic (exact) mass is 486 g/mol. The third-order valence-corrected chi connectivity index (χ3v) is 6.87. The van der Waals surface area contributed by atoms with Crippen LogP contribution in [0.1, 0.15) is 72.3 Å². The molecule has 1 aromatic heterocycles. The molecule has 0 unspecified atom stereocenters. The van der Waals surface area contributed by atoms with E-state index in [1.165, 1.54) is 11.3 Å². The van der Waals surface area contributed by atoms with Gasteiger partial charge in [0.15, 0.2) is 0 Å². The Bertz CT molecular complexity index is 997. The number of primary amides is 2. The number of thiophene rings is 1. The lowest BCUT2D eigenvalue weighted by molar-refractivity contribution is -0.151. The van der Waals surface area contributed by atoms with E-state index >= 15 is 0 Å². The number of esters is 1. The zero-order valence-corrected chi connectivity index (χ0v) is 20.6. The molecular weight excluding hydrogens is 452 g/mol. The number of benzene rings is 1. The molecule has 9 heteroatoms. The highest BCUT2D eigenvalue weighted by Crippen LogP contribution is 2.29. The number of urea groups is 1. The summed E-state index contributed by atoms with van der Waals surface area (Å²) >= 11 is 1.27. The first-order valence-corrected chi connectivity index (χ1v) is 12.5. The number of hydrogen-bond acceptors (Lipinski definition) is 6. The van der Waals surface area contributed by atoms with Crippen molar-refractivity contribution in [3.63, 3.8) is 0 Å². The molecule has 8 nitrogen and oxygen atoms in total. The molecule has 0 bridgehead atoms. The van der Waals surface area contributed by atoms with E-state index in [1.54, 1.807) is 6.07 Å². The van der Waals surface area contributed by atoms with Gasteiger partial charge in [0.1, 0.15) is 17.1 Å². The fourth-order valence-electron chi connectivity index (χ4n) is 4.12. The van der Waals surface area contributed by atoms with Crippen molar-refractivity contribution in [3.8, 4) is 0 Å². The second-order valence-corrected chi connectivity index (χ2v) is 10.3. The number of rotatable bonds is 11. The molecule has 1 saturated carbocycles. The zero-order chi connectivity index (χ0) is 24.7. The number of carbonyl (C=O) groups is 3. The van der Waals surface area contributed by atoms with E-state index in [9.17, 15) is 14.4 Å². The quantitative estimate of drug-likeness (QED) is 0.357. The van der Waals surface area contributed by atoms with Gasteiger partial charge in [-0.25, -0.2) is 4.79 Å². The molecule has 2 aromatic rings. The summed E-state index contributed by atoms with van der Waals surface area (Å²) in [5.41, 5.74) is 12.9. The fourth-order valence-corrected chi connectivity index (χ4v) is 5.22. The van der Waals surface area contributed by atoms with E-state index < -0.39 is 11.9 Å². The van der Waals surface area contributed by atoms with Gasteiger partial charge < -0.3 is 21.5 Å². The molecular formula is C25H34N4O4S. The van der Waals surface area contributed by atoms with E-state index in [4.69, 9.17) is 16.2 Å². The molecule has 0 saturated heterocycles. The maximum Gasteiger partial charge on any atom is 0.323 e. The summed E-state index contributed by atoms with van der Waals surface area (Å²) in [5.74, 6) is -0.392. The Morgan fingerprint density at radius 3 is 2.32 bits per heavy atom. The second-order valence-electron chi connectivity index (χ2n) is 9.21. The minimum atomic E-state index is -0.740. The van der Waals surface area contributed by atoms with Gasteiger partial charge in [0.05, 0.1) is 5.56 Å². The molecule has 0 aliphatic heterocycles. The molecule has 1 aliphatic carbocycles. The van der Waals surface area contributed by atoms with Crippen molar-refractivity contribution < 1.29 is 19.1 Å². The molecule has 34 heavy (non-hydrogen) atoms. The summed E-state index contributed by atoms with van der Waals surface area (Å²) in [6, 6.07) is 8.67. The second kappa shape index (κ2) is 12.0. The molecule has 0 spiro atoms. The van der Waals surface area contributed by atoms with Gasteiger partial charge in [-0.3, -0.25) is 14.9 Å². The summed E-state index contributed by atoms with van der Waals surface area (Å²) in [7, 11) is 0. The van der Waals surface area contributed by atoms with Crippen LogP contribution >= 0.6 is 11.3 Å². The van der Waals surface area contributed by atoms with Gasteiger partial charge in [-0.1, -0.05) is 38.1 Å². The van der Waals surface area contributed by atoms with Crippen LogP contribution in [-0.2, 0) is 22.5 Å². The van der Waals surface area contributed by atoms with Gasteiger partial charge in [0, 0.05) is 17.8 Å². The molecule has 1 aliphatic rings. The van der Waals surface area contributed by atoms with Crippen molar-refractivity contribution in [1.29, 1.82) is 0 Å². The summed E-state index contributed by atoms with van der Waals surface area (Å²) in [5, 5.41) is 6.19. The number of carbonyl (C=O) groups excluding carboxylic acids is 3. The molecule has 184 valence electrons. The van der Waals surface area contributed by atoms with Crippen molar-refractivity contribution in [1.82, 2.24) is 5.32 Å². The summed E-state index contributed by atoms with van der Waals surface area (Å²) in [6.45, 7) is 4.77. The van der Waals surface area contributed by atoms with Crippen LogP contribution in [0.3, 0.4) is 0 Å². The number of hydrogen-bond donors (Lipinski definition) is 4. The van der Waals surface area contributed by atoms with Crippen LogP contribution in [0.5, 0.6) is 0 Å². The van der Waals surface area contributed by atoms with Gasteiger partial charge in [-0.15, -0.1) is 11.3 Å². The van der Waals surface area contributed by atoms with Crippen LogP contribution in [0.4, 0.5) is 9.80 Å². The van der Waals surface area contributed by atoms with Crippen molar-refractivity contribution in [2.24, 2.45) is 17.4 Å². The Balaban J connectivity index is 1.59. The predicted molar refractivity (Wildman–Crippen MR) is 134 cm³/mol. The Labute approximate surface area is 204 Å². The minimum absolute atomic E-state index is 0.0641. The van der Waals surface area contributed by atoms with E-state index in [-0.39, 0.29) is 23.7 Å². The van der Waals surface area contributed by atoms with Crippen molar-refractivity contribution >= 4 is 34.2 Å². The van der Waals surface area contributed by atoms with Gasteiger partial charge in [0.25, 0.3) is 5.91 Å². The van der Waals surface area contributed by atoms with Crippen molar-refractivity contribution in [2.75, 3.05) is 5.32 Å². The highest BCUT2D eigenvalue weighted by molar-refractivity contribution is 7.16. The molecule has 1 fully saturated rings. The standard InChI is InChI=1S/C25H34N4O4S/c1-15(2)11-21(24(31)33-18-5-3-4-6-18)28-14-17-9-7-16(8-10-17)12-19-13-20(22(26)30)23(34-19)29-25(27)32/h7-10,13,15,18,21,28H,3-6,11-12,14H2,1-2H3,(H2,26,30)(H3,27,29,32)/t21-/m1/s1. The van der Waals surface area contributed by atoms with E-state index in [2.05, 4.69) is 24.5 Å². The SMILES string of the molecule is CC(C)C[C@@H](NCc1ccc(Cc2cc(C(N)=O)c(NC(N)=O)s2)cc1)C(=O)OC1CCCC1. The van der Waals surface area contributed by atoms with Crippen molar-refractivity contribution in [2.45, 2.75) is 71.1 Å². The average molecular weight is 487 g/mol. The average Bonchev–Trinajstić information content (AvgIpc) is 3.41. The normalized spacial score (nSPS) is 14.8. The maximum atomic E-state index is 12.7. The molecule has 6 N–H and O–H groups in total. The van der Waals surface area contributed by atoms with Crippen LogP contribution in [0.25, 0.3) is 0 Å². The van der Waals surface area contributed by atoms with Gasteiger partial charge in [0.2, 0.25) is 0 Å². The van der Waals surface area contributed by atoms with Crippen LogP contribution in [-0.4, -0.2) is 30.1 Å². The number of anilines is 1. The molecule has 1 atom stereocenters. The first kappa shape index (κ1) is 25.7. The van der Waals surface area contributed by atoms with E-state index in [1.807, 2.05) is 24.3 Å². The van der Waals surface area contributed by atoms with Crippen molar-refractivity contribution in [3.05, 3.63) is 51.9 Å². The molecule has 0 radical (unpaired) electrons. The lowest BCUT2D eigenvalue weighted by atomic mass is 10.0. The Kier molecular flexibility index (Phi) is 9.06. The Hall–Kier alpha value is -2.91. The summed E-state index contributed by atoms with van der Waals surface area (Å²) in [4.78, 5) is 36.4. The topological polar surface area (TPSA) is 137 Å². The summed E-state index contributed by atoms with van der Waals surface area (Å²) in [6.07, 6.45) is 5.57. The maximum absolute atomic E-state index is 12.7. The first-order chi connectivity index (χ1) is 16.2. The lowest BCUT2D eigenvalue weighted by Gasteiger charge is -2.22. The minimum Gasteiger partial charge on any atom is -0.461 e. The van der Waals surface area contributed by atoms with Gasteiger partial charge in [-0.05, 0) is 55.2 Å². The van der Waals surface area contributed by atoms with Crippen LogP contribution in [0.2, 0.25) is 0 Å². The zero-order valence-electron chi connectivity index (χ0n) is 19.8. The largest absolute Gasteiger partial charge is 0.461 e. The van der Waals surface area contributed by atoms with E-state index in [0.717, 1.165) is 48.1 Å². The van der Waals surface area contributed by atoms with Crippen LogP contribution < -0.4 is 22.1 Å². The lowest BCUT2D eigenvalue weighted by Crippen LogP contribution is -2.40. The Morgan fingerprint density at radius 1 is 1.09 bits per heavy atom.